The topological polar surface area (TPSA) is 108 Å². The Hall–Kier alpha value is -2.06. The minimum absolute atomic E-state index is 0.00264. The number of quaternary nitrogens is 1. The summed E-state index contributed by atoms with van der Waals surface area (Å²) >= 11 is 0. The van der Waals surface area contributed by atoms with E-state index in [1.54, 1.807) is 6.08 Å². The maximum atomic E-state index is 13.0. The van der Waals surface area contributed by atoms with Crippen LogP contribution in [0, 0.1) is 0 Å². The van der Waals surface area contributed by atoms with Crippen molar-refractivity contribution in [3.05, 3.63) is 72.9 Å². The number of nitrogens with one attached hydrogen (secondary N) is 1. The van der Waals surface area contributed by atoms with Crippen LogP contribution in [0.3, 0.4) is 0 Å². The molecule has 2 N–H and O–H groups in total. The van der Waals surface area contributed by atoms with Crippen molar-refractivity contribution in [1.82, 2.24) is 5.32 Å². The monoisotopic (exact) mass is 1160 g/mol. The number of aliphatic hydroxyl groups excluding tert-OH is 1. The third-order valence-electron chi connectivity index (χ3n) is 15.7. The van der Waals surface area contributed by atoms with Crippen LogP contribution < -0.4 is 10.2 Å². The normalized spacial score (nSPS) is 14.1. The molecule has 3 atom stereocenters. The van der Waals surface area contributed by atoms with Gasteiger partial charge in [0, 0.05) is 6.42 Å². The van der Waals surface area contributed by atoms with E-state index >= 15 is 0 Å². The molecule has 0 spiro atoms. The summed E-state index contributed by atoms with van der Waals surface area (Å²) < 4.78 is 23.5. The highest BCUT2D eigenvalue weighted by molar-refractivity contribution is 7.45. The number of rotatable bonds is 64. The molecule has 0 aliphatic rings. The van der Waals surface area contributed by atoms with Crippen LogP contribution >= 0.6 is 7.82 Å². The first kappa shape index (κ1) is 78.9. The van der Waals surface area contributed by atoms with Crippen LogP contribution in [0.5, 0.6) is 0 Å². The average molecular weight is 1160 g/mol. The second-order valence-corrected chi connectivity index (χ2v) is 26.3. The zero-order valence-corrected chi connectivity index (χ0v) is 55.1. The van der Waals surface area contributed by atoms with Crippen molar-refractivity contribution in [2.24, 2.45) is 0 Å². The fraction of sp³-hybridized carbons (Fsp3) is 0.819. The van der Waals surface area contributed by atoms with Crippen LogP contribution in [0.2, 0.25) is 0 Å². The first-order chi connectivity index (χ1) is 39.5. The predicted molar refractivity (Wildman–Crippen MR) is 353 cm³/mol. The summed E-state index contributed by atoms with van der Waals surface area (Å²) in [6.45, 7) is 4.58. The molecule has 0 bridgehead atoms. The molecule has 8 nitrogen and oxygen atoms in total. The van der Waals surface area contributed by atoms with Crippen molar-refractivity contribution < 1.29 is 32.9 Å². The lowest BCUT2D eigenvalue weighted by Crippen LogP contribution is -2.45. The summed E-state index contributed by atoms with van der Waals surface area (Å²) in [6.07, 6.45) is 87.3. The number of amides is 1. The number of likely N-dealkylation sites (N-methyl/N-ethyl adjacent to an activating group) is 1. The van der Waals surface area contributed by atoms with Crippen molar-refractivity contribution in [2.45, 2.75) is 341 Å². The summed E-state index contributed by atoms with van der Waals surface area (Å²) in [7, 11) is 1.27. The Bertz CT molecular complexity index is 1550. The average Bonchev–Trinajstić information content (AvgIpc) is 3.43. The highest BCUT2D eigenvalue weighted by Crippen LogP contribution is 2.38. The zero-order chi connectivity index (χ0) is 59.1. The lowest BCUT2D eigenvalue weighted by molar-refractivity contribution is -0.870. The first-order valence-corrected chi connectivity index (χ1v) is 36.3. The zero-order valence-electron chi connectivity index (χ0n) is 54.2. The molecule has 3 unspecified atom stereocenters. The van der Waals surface area contributed by atoms with Gasteiger partial charge in [-0.1, -0.05) is 331 Å². The Morgan fingerprint density at radius 2 is 0.753 bits per heavy atom. The third kappa shape index (κ3) is 65.3. The molecule has 0 aromatic carbocycles. The molecule has 81 heavy (non-hydrogen) atoms. The van der Waals surface area contributed by atoms with Crippen LogP contribution in [0.15, 0.2) is 72.9 Å². The molecule has 0 aromatic rings. The van der Waals surface area contributed by atoms with Crippen molar-refractivity contribution in [3.8, 4) is 0 Å². The van der Waals surface area contributed by atoms with Gasteiger partial charge in [0.25, 0.3) is 7.82 Å². The Kier molecular flexibility index (Phi) is 60.9. The Morgan fingerprint density at radius 1 is 0.444 bits per heavy atom. The summed E-state index contributed by atoms with van der Waals surface area (Å²) in [6, 6.07) is -0.892. The number of nitrogens with zero attached hydrogens (tertiary/aromatic N) is 1. The van der Waals surface area contributed by atoms with E-state index in [-0.39, 0.29) is 19.1 Å². The van der Waals surface area contributed by atoms with E-state index in [4.69, 9.17) is 9.05 Å². The first-order valence-electron chi connectivity index (χ1n) is 34.8. The van der Waals surface area contributed by atoms with E-state index in [0.717, 1.165) is 70.6 Å². The molecule has 0 fully saturated rings. The van der Waals surface area contributed by atoms with E-state index in [9.17, 15) is 19.4 Å². The molecule has 0 aromatic heterocycles. The lowest BCUT2D eigenvalue weighted by Gasteiger charge is -2.29. The van der Waals surface area contributed by atoms with Crippen LogP contribution in [-0.4, -0.2) is 68.5 Å². The van der Waals surface area contributed by atoms with E-state index < -0.39 is 20.0 Å². The van der Waals surface area contributed by atoms with Crippen molar-refractivity contribution in [1.29, 1.82) is 0 Å². The predicted octanol–water partition coefficient (Wildman–Crippen LogP) is 21.5. The van der Waals surface area contributed by atoms with Gasteiger partial charge in [-0.2, -0.15) is 0 Å². The fourth-order valence-electron chi connectivity index (χ4n) is 10.3. The van der Waals surface area contributed by atoms with Gasteiger partial charge in [0.2, 0.25) is 5.91 Å². The standard InChI is InChI=1S/C72H135N2O6P/c1-6-8-10-12-14-16-18-20-22-24-26-28-30-32-34-36-38-39-41-43-45-47-49-51-53-55-57-59-61-63-65-71(75)70(69-80-81(77,78)79-68-67-74(3,4)5)73-72(76)66-64-62-60-58-56-54-52-50-48-46-44-42-40-37-35-33-31-29-27-25-23-21-19-17-15-13-11-9-7-2/h9,11,15,17,21,23,27,29,33,35,63,65,70-71,75H,6-8,10,12-14,16,18-20,22,24-26,28,30-32,34,36-62,64,66-69H2,1-5H3,(H-,73,76,77,78)/b11-9-,17-15-,23-21-,29-27-,35-33-,65-63+. The van der Waals surface area contributed by atoms with Crippen LogP contribution in [-0.2, 0) is 18.4 Å². The lowest BCUT2D eigenvalue weighted by atomic mass is 10.0. The molecule has 0 saturated carbocycles. The minimum atomic E-state index is -4.61. The number of hydrogen-bond acceptors (Lipinski definition) is 6. The Labute approximate surface area is 504 Å². The van der Waals surface area contributed by atoms with E-state index in [2.05, 4.69) is 79.9 Å². The summed E-state index contributed by atoms with van der Waals surface area (Å²) in [5.74, 6) is -0.197. The quantitative estimate of drug-likeness (QED) is 0.0272. The fourth-order valence-corrected chi connectivity index (χ4v) is 11.0. The number of carbonyl (C=O) groups excluding carboxylic acids is 1. The number of phosphoric ester groups is 1. The van der Waals surface area contributed by atoms with Crippen LogP contribution in [0.4, 0.5) is 0 Å². The highest BCUT2D eigenvalue weighted by atomic mass is 31.2. The molecular formula is C72H135N2O6P. The third-order valence-corrected chi connectivity index (χ3v) is 16.6. The molecular weight excluding hydrogens is 1020 g/mol. The van der Waals surface area contributed by atoms with Gasteiger partial charge >= 0.3 is 0 Å². The number of allylic oxidation sites excluding steroid dienone is 11. The van der Waals surface area contributed by atoms with E-state index in [0.29, 0.717) is 17.4 Å². The molecule has 0 heterocycles. The highest BCUT2D eigenvalue weighted by Gasteiger charge is 2.23. The van der Waals surface area contributed by atoms with Crippen LogP contribution in [0.25, 0.3) is 0 Å². The number of carbonyl (C=O) groups is 1. The number of aliphatic hydroxyl groups is 1. The van der Waals surface area contributed by atoms with Gasteiger partial charge in [0.15, 0.2) is 0 Å². The van der Waals surface area contributed by atoms with Gasteiger partial charge in [0.1, 0.15) is 13.2 Å². The molecule has 0 aliphatic carbocycles. The minimum Gasteiger partial charge on any atom is -0.756 e. The molecule has 1 amide bonds. The second kappa shape index (κ2) is 62.5. The second-order valence-electron chi connectivity index (χ2n) is 24.9. The van der Waals surface area contributed by atoms with E-state index in [1.165, 1.54) is 238 Å². The van der Waals surface area contributed by atoms with Crippen molar-refractivity contribution in [2.75, 3.05) is 40.9 Å². The summed E-state index contributed by atoms with van der Waals surface area (Å²) in [5.41, 5.74) is 0. The van der Waals surface area contributed by atoms with Crippen molar-refractivity contribution in [3.63, 3.8) is 0 Å². The summed E-state index contributed by atoms with van der Waals surface area (Å²) in [4.78, 5) is 25.6. The number of unbranched alkanes of at least 4 members (excludes halogenated alkanes) is 41. The molecule has 0 aliphatic heterocycles. The van der Waals surface area contributed by atoms with Gasteiger partial charge in [-0.25, -0.2) is 0 Å². The number of hydrogen-bond donors (Lipinski definition) is 2. The molecule has 474 valence electrons. The van der Waals surface area contributed by atoms with Gasteiger partial charge in [-0.05, 0) is 64.2 Å². The SMILES string of the molecule is CC/C=C\C/C=C\C/C=C\C/C=C\C/C=C\CCCCCCCCCCCCCCCC(=O)NC(COP(=O)([O-])OCC[N+](C)(C)C)C(O)/C=C/CCCCCCCCCCCCCCCCCCCCCCCCCCCCCC. The van der Waals surface area contributed by atoms with Crippen molar-refractivity contribution >= 4 is 13.7 Å². The smallest absolute Gasteiger partial charge is 0.268 e. The summed E-state index contributed by atoms with van der Waals surface area (Å²) in [5, 5.41) is 14.0. The maximum absolute atomic E-state index is 13.0. The maximum Gasteiger partial charge on any atom is 0.268 e. The largest absolute Gasteiger partial charge is 0.756 e. The van der Waals surface area contributed by atoms with E-state index in [1.807, 2.05) is 27.2 Å². The number of phosphoric acid groups is 1. The van der Waals surface area contributed by atoms with Crippen LogP contribution in [0.1, 0.15) is 328 Å². The van der Waals surface area contributed by atoms with Gasteiger partial charge in [-0.3, -0.25) is 9.36 Å². The molecule has 0 saturated heterocycles. The molecule has 9 heteroatoms. The van der Waals surface area contributed by atoms with Gasteiger partial charge < -0.3 is 28.8 Å². The molecule has 0 rings (SSSR count). The Balaban J connectivity index is 4.08. The van der Waals surface area contributed by atoms with Gasteiger partial charge in [-0.15, -0.1) is 0 Å². The molecule has 0 radical (unpaired) electrons. The van der Waals surface area contributed by atoms with Gasteiger partial charge in [0.05, 0.1) is 39.9 Å². The Morgan fingerprint density at radius 3 is 1.10 bits per heavy atom.